The molecule has 0 fully saturated rings. The van der Waals surface area contributed by atoms with E-state index >= 15 is 0 Å². The van der Waals surface area contributed by atoms with E-state index in [4.69, 9.17) is 9.29 Å². The van der Waals surface area contributed by atoms with E-state index in [2.05, 4.69) is 23.3 Å². The van der Waals surface area contributed by atoms with Crippen LogP contribution in [0.2, 0.25) is 0 Å². The number of esters is 1. The molecule has 9 heteroatoms. The Hall–Kier alpha value is -0.410. The first-order chi connectivity index (χ1) is 14.3. The van der Waals surface area contributed by atoms with E-state index in [9.17, 15) is 18.0 Å². The summed E-state index contributed by atoms with van der Waals surface area (Å²) in [7, 11) is -4.82. The number of unbranched alkanes of at least 4 members (excludes halogenated alkanes) is 12. The van der Waals surface area contributed by atoms with E-state index in [0.717, 1.165) is 25.7 Å². The summed E-state index contributed by atoms with van der Waals surface area (Å²) in [6.07, 6.45) is 20.7. The van der Waals surface area contributed by atoms with E-state index in [1.54, 1.807) is 0 Å². The quantitative estimate of drug-likeness (QED) is 0.0869. The predicted octanol–water partition coefficient (Wildman–Crippen LogP) is 5.04. The van der Waals surface area contributed by atoms with Crippen molar-refractivity contribution in [2.45, 2.75) is 110 Å². The molecule has 0 aliphatic rings. The second-order valence-corrected chi connectivity index (χ2v) is 8.56. The topological polar surface area (TPSA) is 107 Å². The number of allylic oxidation sites excluding steroid dienone is 2. The van der Waals surface area contributed by atoms with Gasteiger partial charge in [-0.1, -0.05) is 76.9 Å². The van der Waals surface area contributed by atoms with Crippen molar-refractivity contribution in [3.63, 3.8) is 0 Å². The van der Waals surface area contributed by atoms with Gasteiger partial charge in [0.1, 0.15) is 0 Å². The van der Waals surface area contributed by atoms with Crippen molar-refractivity contribution in [3.8, 4) is 0 Å². The summed E-state index contributed by atoms with van der Waals surface area (Å²) in [5.74, 6) is -1.78. The molecule has 0 rings (SSSR count). The number of hydrogen-bond donors (Lipinski definition) is 1. The van der Waals surface area contributed by atoms with Crippen molar-refractivity contribution < 1.29 is 31.5 Å². The number of carbonyl (C=O) groups is 2. The zero-order valence-corrected chi connectivity index (χ0v) is 19.3. The molecule has 0 aromatic carbocycles. The first-order valence-electron chi connectivity index (χ1n) is 11.4. The van der Waals surface area contributed by atoms with Gasteiger partial charge in [-0.05, 0) is 32.1 Å². The van der Waals surface area contributed by atoms with Gasteiger partial charge in [-0.3, -0.25) is 14.1 Å². The first kappa shape index (κ1) is 32.8. The van der Waals surface area contributed by atoms with Gasteiger partial charge in [0.2, 0.25) is 0 Å². The summed E-state index contributed by atoms with van der Waals surface area (Å²) in [5.41, 5.74) is 0. The SMILES string of the molecule is CCCCCCCC/C=C\CCCCCCCCOC(=O)CCC(=O)OS(=O)(=O)O.[NaH]. The van der Waals surface area contributed by atoms with Crippen molar-refractivity contribution in [3.05, 3.63) is 12.2 Å². The zero-order chi connectivity index (χ0) is 22.5. The van der Waals surface area contributed by atoms with Gasteiger partial charge in [0.05, 0.1) is 19.4 Å². The van der Waals surface area contributed by atoms with Crippen LogP contribution in [0.25, 0.3) is 0 Å². The summed E-state index contributed by atoms with van der Waals surface area (Å²) in [6, 6.07) is 0. The molecule has 178 valence electrons. The average Bonchev–Trinajstić information content (AvgIpc) is 2.67. The van der Waals surface area contributed by atoms with Crippen molar-refractivity contribution >= 4 is 51.9 Å². The second kappa shape index (κ2) is 22.8. The Morgan fingerprint density at radius 3 is 1.71 bits per heavy atom. The summed E-state index contributed by atoms with van der Waals surface area (Å²) in [6.45, 7) is 2.53. The molecule has 0 aromatic rings. The maximum absolute atomic E-state index is 11.4. The van der Waals surface area contributed by atoms with Crippen LogP contribution in [0.3, 0.4) is 0 Å². The molecule has 0 unspecified atom stereocenters. The summed E-state index contributed by atoms with van der Waals surface area (Å²) in [5, 5.41) is 0. The number of carbonyl (C=O) groups excluding carboxylic acids is 2. The van der Waals surface area contributed by atoms with Gasteiger partial charge in [-0.15, -0.1) is 0 Å². The third-order valence-electron chi connectivity index (χ3n) is 4.65. The molecule has 7 nitrogen and oxygen atoms in total. The van der Waals surface area contributed by atoms with Crippen LogP contribution in [0, 0.1) is 0 Å². The van der Waals surface area contributed by atoms with Gasteiger partial charge in [-0.25, -0.2) is 0 Å². The van der Waals surface area contributed by atoms with Crippen molar-refractivity contribution in [2.75, 3.05) is 6.61 Å². The van der Waals surface area contributed by atoms with Crippen LogP contribution in [0.15, 0.2) is 12.2 Å². The van der Waals surface area contributed by atoms with Crippen LogP contribution in [-0.2, 0) is 28.9 Å². The number of ether oxygens (including phenoxy) is 1. The predicted molar refractivity (Wildman–Crippen MR) is 124 cm³/mol. The van der Waals surface area contributed by atoms with Crippen molar-refractivity contribution in [1.29, 1.82) is 0 Å². The van der Waals surface area contributed by atoms with E-state index in [0.29, 0.717) is 0 Å². The van der Waals surface area contributed by atoms with Crippen LogP contribution in [0.5, 0.6) is 0 Å². The minimum atomic E-state index is -4.82. The molecule has 0 aliphatic heterocycles. The van der Waals surface area contributed by atoms with Gasteiger partial charge in [0.25, 0.3) is 0 Å². The molecule has 0 amide bonds. The molecule has 0 atom stereocenters. The van der Waals surface area contributed by atoms with Gasteiger partial charge < -0.3 is 8.92 Å². The normalized spacial score (nSPS) is 11.3. The van der Waals surface area contributed by atoms with Crippen molar-refractivity contribution in [2.24, 2.45) is 0 Å². The molecule has 0 aliphatic carbocycles. The third-order valence-corrected chi connectivity index (χ3v) is 5.05. The fraction of sp³-hybridized carbons (Fsp3) is 0.818. The minimum absolute atomic E-state index is 0. The average molecular weight is 473 g/mol. The van der Waals surface area contributed by atoms with Crippen LogP contribution in [0.4, 0.5) is 0 Å². The van der Waals surface area contributed by atoms with Gasteiger partial charge in [-0.2, -0.15) is 8.42 Å². The first-order valence-corrected chi connectivity index (χ1v) is 12.7. The standard InChI is InChI=1S/C22H40O7S.Na.H/c1-2-3-4-5-6-7-8-9-10-11-12-13-14-15-16-17-20-28-21(23)18-19-22(24)29-30(25,26)27;;/h9-10H,2-8,11-20H2,1H3,(H,25,26,27);;/b10-9-;;. The Morgan fingerprint density at radius 2 is 1.19 bits per heavy atom. The Bertz CT molecular complexity index is 576. The van der Waals surface area contributed by atoms with E-state index in [1.165, 1.54) is 64.2 Å². The summed E-state index contributed by atoms with van der Waals surface area (Å²) in [4.78, 5) is 22.4. The van der Waals surface area contributed by atoms with Gasteiger partial charge in [0.15, 0.2) is 0 Å². The molecular formula is C22H41NaO7S. The van der Waals surface area contributed by atoms with Crippen LogP contribution >= 0.6 is 0 Å². The summed E-state index contributed by atoms with van der Waals surface area (Å²) >= 11 is 0. The van der Waals surface area contributed by atoms with E-state index in [1.807, 2.05) is 0 Å². The van der Waals surface area contributed by atoms with E-state index < -0.39 is 28.8 Å². The van der Waals surface area contributed by atoms with Gasteiger partial charge >= 0.3 is 51.9 Å². The Labute approximate surface area is 211 Å². The fourth-order valence-corrected chi connectivity index (χ4v) is 3.29. The molecule has 0 saturated heterocycles. The molecule has 0 radical (unpaired) electrons. The van der Waals surface area contributed by atoms with Crippen LogP contribution in [-0.4, -0.2) is 61.1 Å². The Kier molecular flexibility index (Phi) is 24.1. The van der Waals surface area contributed by atoms with Crippen LogP contribution in [0.1, 0.15) is 110 Å². The van der Waals surface area contributed by atoms with Gasteiger partial charge in [0, 0.05) is 0 Å². The molecular weight excluding hydrogens is 431 g/mol. The number of hydrogen-bond acceptors (Lipinski definition) is 6. The zero-order valence-electron chi connectivity index (χ0n) is 18.5. The van der Waals surface area contributed by atoms with Crippen molar-refractivity contribution in [1.82, 2.24) is 0 Å². The monoisotopic (exact) mass is 472 g/mol. The third kappa shape index (κ3) is 27.6. The number of rotatable bonds is 20. The molecule has 1 N–H and O–H groups in total. The fourth-order valence-electron chi connectivity index (χ4n) is 2.97. The molecule has 0 heterocycles. The molecule has 0 aromatic heterocycles. The molecule has 31 heavy (non-hydrogen) atoms. The Morgan fingerprint density at radius 1 is 0.742 bits per heavy atom. The maximum atomic E-state index is 11.4. The van der Waals surface area contributed by atoms with Crippen LogP contribution < -0.4 is 0 Å². The van der Waals surface area contributed by atoms with E-state index in [-0.39, 0.29) is 42.6 Å². The Balaban J connectivity index is 0. The summed E-state index contributed by atoms with van der Waals surface area (Å²) < 4.78 is 37.7. The molecule has 0 bridgehead atoms. The molecule has 0 saturated carbocycles. The second-order valence-electron chi connectivity index (χ2n) is 7.54. The molecule has 0 spiro atoms.